The van der Waals surface area contributed by atoms with Gasteiger partial charge in [-0.25, -0.2) is 4.39 Å². The molecule has 0 spiro atoms. The van der Waals surface area contributed by atoms with Gasteiger partial charge in [-0.15, -0.1) is 12.6 Å². The maximum atomic E-state index is 11.3. The minimum absolute atomic E-state index is 0.0694. The molecule has 0 atom stereocenters. The van der Waals surface area contributed by atoms with Gasteiger partial charge in [0.2, 0.25) is 5.83 Å². The summed E-state index contributed by atoms with van der Waals surface area (Å²) in [5, 5.41) is 0.0694. The summed E-state index contributed by atoms with van der Waals surface area (Å²) < 4.78 is 44.2. The van der Waals surface area contributed by atoms with Gasteiger partial charge in [-0.05, 0) is 0 Å². The fourth-order valence-electron chi connectivity index (χ4n) is 0.0732. The molecule has 0 aliphatic rings. The van der Waals surface area contributed by atoms with Gasteiger partial charge in [-0.1, -0.05) is 0 Å². The molecule has 0 aliphatic heterocycles. The molecule has 5 heteroatoms. The smallest absolute Gasteiger partial charge is 0.201 e. The molecule has 48 valence electrons. The predicted octanol–water partition coefficient (Wildman–Crippen LogP) is 2.29. The van der Waals surface area contributed by atoms with Crippen LogP contribution in [0.4, 0.5) is 17.6 Å². The maximum absolute atomic E-state index is 11.3. The number of alkyl halides is 3. The summed E-state index contributed by atoms with van der Waals surface area (Å²) in [5.74, 6) is -2.18. The largest absolute Gasteiger partial charge is 0.443 e. The van der Waals surface area contributed by atoms with E-state index in [9.17, 15) is 17.6 Å². The van der Waals surface area contributed by atoms with Crippen molar-refractivity contribution in [1.82, 2.24) is 0 Å². The Labute approximate surface area is 48.6 Å². The molecular weight excluding hydrogens is 144 g/mol. The minimum atomic E-state index is -4.87. The predicted molar refractivity (Wildman–Crippen MR) is 24.2 cm³/mol. The van der Waals surface area contributed by atoms with Gasteiger partial charge < -0.3 is 0 Å². The van der Waals surface area contributed by atoms with E-state index in [0.717, 1.165) is 0 Å². The lowest BCUT2D eigenvalue weighted by atomic mass is 10.6. The molecule has 0 saturated heterocycles. The molecule has 0 aromatic carbocycles. The Morgan fingerprint density at radius 3 is 1.75 bits per heavy atom. The topological polar surface area (TPSA) is 0 Å². The highest BCUT2D eigenvalue weighted by molar-refractivity contribution is 7.83. The van der Waals surface area contributed by atoms with Crippen LogP contribution in [-0.2, 0) is 0 Å². The number of rotatable bonds is 0. The SMILES string of the molecule is FC(=CS)C(F)(F)F. The molecule has 0 radical (unpaired) electrons. The van der Waals surface area contributed by atoms with Crippen LogP contribution >= 0.6 is 12.6 Å². The molecule has 0 aliphatic carbocycles. The lowest BCUT2D eigenvalue weighted by molar-refractivity contribution is -0.108. The van der Waals surface area contributed by atoms with Crippen LogP contribution in [0.25, 0.3) is 0 Å². The van der Waals surface area contributed by atoms with E-state index in [0.29, 0.717) is 0 Å². The lowest BCUT2D eigenvalue weighted by Crippen LogP contribution is -2.06. The van der Waals surface area contributed by atoms with Crippen LogP contribution in [-0.4, -0.2) is 6.18 Å². The second-order valence-electron chi connectivity index (χ2n) is 0.975. The Kier molecular flexibility index (Phi) is 2.33. The average Bonchev–Trinajstić information content (AvgIpc) is 1.62. The molecular formula is C3H2F4S. The summed E-state index contributed by atoms with van der Waals surface area (Å²) in [7, 11) is 0. The standard InChI is InChI=1S/C3H2F4S/c4-2(1-8)3(5,6)7/h1,8H. The van der Waals surface area contributed by atoms with Gasteiger partial charge in [0.15, 0.2) is 0 Å². The fraction of sp³-hybridized carbons (Fsp3) is 0.333. The highest BCUT2D eigenvalue weighted by Crippen LogP contribution is 2.26. The van der Waals surface area contributed by atoms with Gasteiger partial charge in [0.05, 0.1) is 0 Å². The van der Waals surface area contributed by atoms with Gasteiger partial charge in [0.1, 0.15) is 0 Å². The van der Waals surface area contributed by atoms with Crippen LogP contribution in [0.2, 0.25) is 0 Å². The van der Waals surface area contributed by atoms with Crippen LogP contribution in [0.1, 0.15) is 0 Å². The lowest BCUT2D eigenvalue weighted by Gasteiger charge is -1.98. The second kappa shape index (κ2) is 2.39. The average molecular weight is 146 g/mol. The molecule has 0 aromatic rings. The monoisotopic (exact) mass is 146 g/mol. The summed E-state index contributed by atoms with van der Waals surface area (Å²) in [6.45, 7) is 0. The van der Waals surface area contributed by atoms with Crippen molar-refractivity contribution >= 4 is 12.6 Å². The van der Waals surface area contributed by atoms with Gasteiger partial charge in [0, 0.05) is 5.41 Å². The number of hydrogen-bond acceptors (Lipinski definition) is 1. The molecule has 0 nitrogen and oxygen atoms in total. The Morgan fingerprint density at radius 2 is 1.75 bits per heavy atom. The van der Waals surface area contributed by atoms with Crippen LogP contribution in [0, 0.1) is 0 Å². The zero-order valence-corrected chi connectivity index (χ0v) is 4.43. The van der Waals surface area contributed by atoms with Gasteiger partial charge in [-0.2, -0.15) is 13.2 Å². The van der Waals surface area contributed by atoms with Crippen LogP contribution < -0.4 is 0 Å². The van der Waals surface area contributed by atoms with Gasteiger partial charge >= 0.3 is 6.18 Å². The maximum Gasteiger partial charge on any atom is 0.443 e. The summed E-state index contributed by atoms with van der Waals surface area (Å²) in [6.07, 6.45) is -4.87. The van der Waals surface area contributed by atoms with Crippen LogP contribution in [0.5, 0.6) is 0 Å². The number of thiol groups is 1. The molecule has 0 fully saturated rings. The van der Waals surface area contributed by atoms with Crippen LogP contribution in [0.15, 0.2) is 11.2 Å². The summed E-state index contributed by atoms with van der Waals surface area (Å²) in [4.78, 5) is 0. The zero-order valence-electron chi connectivity index (χ0n) is 3.54. The molecule has 0 amide bonds. The summed E-state index contributed by atoms with van der Waals surface area (Å²) in [6, 6.07) is 0. The molecule has 0 aromatic heterocycles. The Hall–Kier alpha value is -0.190. The van der Waals surface area contributed by atoms with E-state index in [1.54, 1.807) is 0 Å². The highest BCUT2D eigenvalue weighted by atomic mass is 32.1. The van der Waals surface area contributed by atoms with Crippen molar-refractivity contribution in [3.63, 3.8) is 0 Å². The van der Waals surface area contributed by atoms with Crippen molar-refractivity contribution in [1.29, 1.82) is 0 Å². The Balaban J connectivity index is 4.03. The Bertz CT molecular complexity index is 102. The van der Waals surface area contributed by atoms with Crippen LogP contribution in [0.3, 0.4) is 0 Å². The highest BCUT2D eigenvalue weighted by Gasteiger charge is 2.33. The van der Waals surface area contributed by atoms with Crippen molar-refractivity contribution < 1.29 is 17.6 Å². The summed E-state index contributed by atoms with van der Waals surface area (Å²) >= 11 is 2.95. The number of allylic oxidation sites excluding steroid dienone is 1. The third kappa shape index (κ3) is 2.20. The number of halogens is 4. The van der Waals surface area contributed by atoms with Crippen molar-refractivity contribution in [3.8, 4) is 0 Å². The number of hydrogen-bond donors (Lipinski definition) is 1. The van der Waals surface area contributed by atoms with Crippen molar-refractivity contribution in [2.45, 2.75) is 6.18 Å². The first kappa shape index (κ1) is 7.81. The van der Waals surface area contributed by atoms with Crippen molar-refractivity contribution in [3.05, 3.63) is 11.2 Å². The van der Waals surface area contributed by atoms with E-state index < -0.39 is 12.0 Å². The first-order valence-corrected chi connectivity index (χ1v) is 2.07. The minimum Gasteiger partial charge on any atom is -0.201 e. The molecule has 0 N–H and O–H groups in total. The zero-order chi connectivity index (χ0) is 6.78. The molecule has 0 saturated carbocycles. The van der Waals surface area contributed by atoms with E-state index >= 15 is 0 Å². The molecule has 0 rings (SSSR count). The first-order chi connectivity index (χ1) is 3.48. The molecule has 0 unspecified atom stereocenters. The van der Waals surface area contributed by atoms with Crippen molar-refractivity contribution in [2.24, 2.45) is 0 Å². The quantitative estimate of drug-likeness (QED) is 0.393. The van der Waals surface area contributed by atoms with Gasteiger partial charge in [-0.3, -0.25) is 0 Å². The van der Waals surface area contributed by atoms with E-state index in [1.807, 2.05) is 0 Å². The van der Waals surface area contributed by atoms with E-state index in [2.05, 4.69) is 12.6 Å². The molecule has 0 bridgehead atoms. The van der Waals surface area contributed by atoms with E-state index in [1.165, 1.54) is 0 Å². The molecule has 0 heterocycles. The van der Waals surface area contributed by atoms with Crippen molar-refractivity contribution in [2.75, 3.05) is 0 Å². The van der Waals surface area contributed by atoms with E-state index in [-0.39, 0.29) is 5.41 Å². The van der Waals surface area contributed by atoms with E-state index in [4.69, 9.17) is 0 Å². The third-order valence-corrected chi connectivity index (χ3v) is 0.611. The first-order valence-electron chi connectivity index (χ1n) is 1.55. The van der Waals surface area contributed by atoms with Gasteiger partial charge in [0.25, 0.3) is 0 Å². The normalized spacial score (nSPS) is 14.4. The summed E-state index contributed by atoms with van der Waals surface area (Å²) in [5.41, 5.74) is 0. The second-order valence-corrected chi connectivity index (χ2v) is 1.23. The molecule has 8 heavy (non-hydrogen) atoms. The third-order valence-electron chi connectivity index (χ3n) is 0.384. The Morgan fingerprint density at radius 1 is 1.38 bits per heavy atom. The fourth-order valence-corrected chi connectivity index (χ4v) is 0.220.